The molecule has 0 bridgehead atoms. The lowest BCUT2D eigenvalue weighted by molar-refractivity contribution is -0.137. The fourth-order valence-electron chi connectivity index (χ4n) is 0.702. The van der Waals surface area contributed by atoms with Gasteiger partial charge in [0.15, 0.2) is 0 Å². The predicted octanol–water partition coefficient (Wildman–Crippen LogP) is 2.61. The molecule has 3 heteroatoms. The summed E-state index contributed by atoms with van der Waals surface area (Å²) < 4.78 is 35.8. The van der Waals surface area contributed by atoms with E-state index in [9.17, 15) is 13.2 Å². The average molecular weight is 158 g/mol. The second kappa shape index (κ2) is 2.46. The van der Waals surface area contributed by atoms with Crippen molar-refractivity contribution in [3.05, 3.63) is 35.4 Å². The standard InChI is InChI=1S/C8H5F3/c1-6-3-2-4-7(5-6)8(9,10)11/h4-5H,1H3. The van der Waals surface area contributed by atoms with Gasteiger partial charge in [0.2, 0.25) is 0 Å². The highest BCUT2D eigenvalue weighted by molar-refractivity contribution is 5.19. The number of rotatable bonds is 0. The average Bonchev–Trinajstić information content (AvgIpc) is 1.86. The maximum absolute atomic E-state index is 11.9. The van der Waals surface area contributed by atoms with Gasteiger partial charge in [-0.3, -0.25) is 0 Å². The number of halogens is 3. The van der Waals surface area contributed by atoms with Crippen molar-refractivity contribution < 1.29 is 13.2 Å². The summed E-state index contributed by atoms with van der Waals surface area (Å²) in [7, 11) is 0. The van der Waals surface area contributed by atoms with Gasteiger partial charge in [0.25, 0.3) is 0 Å². The lowest BCUT2D eigenvalue weighted by Gasteiger charge is -2.03. The SMILES string of the molecule is Cc1c#ccc(C(F)(F)F)c1. The van der Waals surface area contributed by atoms with Crippen LogP contribution in [0.15, 0.2) is 12.1 Å². The number of hydrogen-bond acceptors (Lipinski definition) is 0. The van der Waals surface area contributed by atoms with Crippen LogP contribution in [-0.4, -0.2) is 0 Å². The van der Waals surface area contributed by atoms with E-state index in [0.717, 1.165) is 12.1 Å². The molecule has 0 spiro atoms. The van der Waals surface area contributed by atoms with E-state index in [2.05, 4.69) is 12.1 Å². The van der Waals surface area contributed by atoms with Gasteiger partial charge in [-0.1, -0.05) is 12.1 Å². The second-order valence-corrected chi connectivity index (χ2v) is 2.19. The van der Waals surface area contributed by atoms with Gasteiger partial charge < -0.3 is 0 Å². The van der Waals surface area contributed by atoms with Crippen LogP contribution in [0.4, 0.5) is 13.2 Å². The van der Waals surface area contributed by atoms with Crippen molar-refractivity contribution in [2.45, 2.75) is 13.1 Å². The zero-order valence-electron chi connectivity index (χ0n) is 5.79. The Bertz CT molecular complexity index is 250. The maximum Gasteiger partial charge on any atom is 0.417 e. The predicted molar refractivity (Wildman–Crippen MR) is 33.9 cm³/mol. The normalized spacial score (nSPS) is 10.9. The summed E-state index contributed by atoms with van der Waals surface area (Å²) in [5.41, 5.74) is -0.228. The third-order valence-electron chi connectivity index (χ3n) is 1.20. The van der Waals surface area contributed by atoms with E-state index in [0.29, 0.717) is 5.56 Å². The minimum Gasteiger partial charge on any atom is -0.166 e. The van der Waals surface area contributed by atoms with Crippen LogP contribution in [0.25, 0.3) is 0 Å². The Balaban J connectivity index is 3.06. The molecule has 1 rings (SSSR count). The van der Waals surface area contributed by atoms with Gasteiger partial charge in [-0.15, -0.1) is 0 Å². The van der Waals surface area contributed by atoms with Crippen LogP contribution in [0, 0.1) is 19.1 Å². The van der Waals surface area contributed by atoms with E-state index < -0.39 is 11.7 Å². The molecule has 0 saturated heterocycles. The first-order valence-electron chi connectivity index (χ1n) is 2.97. The van der Waals surface area contributed by atoms with Gasteiger partial charge in [-0.25, -0.2) is 0 Å². The highest BCUT2D eigenvalue weighted by atomic mass is 19.4. The summed E-state index contributed by atoms with van der Waals surface area (Å²) in [5.74, 6) is 0. The van der Waals surface area contributed by atoms with Crippen LogP contribution in [0.1, 0.15) is 11.1 Å². The first-order chi connectivity index (χ1) is 5.00. The molecule has 0 saturated carbocycles. The molecular formula is C8H5F3. The fraction of sp³-hybridized carbons (Fsp3) is 0.250. The Hall–Kier alpha value is -1.17. The van der Waals surface area contributed by atoms with Crippen molar-refractivity contribution in [1.82, 2.24) is 0 Å². The molecule has 0 aliphatic heterocycles. The zero-order valence-corrected chi connectivity index (χ0v) is 5.79. The van der Waals surface area contributed by atoms with E-state index in [1.807, 2.05) is 0 Å². The third kappa shape index (κ3) is 1.87. The number of aryl methyl sites for hydroxylation is 1. The van der Waals surface area contributed by atoms with E-state index in [4.69, 9.17) is 0 Å². The van der Waals surface area contributed by atoms with E-state index in [1.54, 1.807) is 6.92 Å². The lowest BCUT2D eigenvalue weighted by Crippen LogP contribution is -2.03. The van der Waals surface area contributed by atoms with Crippen LogP contribution >= 0.6 is 0 Å². The molecule has 58 valence electrons. The Labute approximate surface area is 62.7 Å². The topological polar surface area (TPSA) is 0 Å². The number of hydrogen-bond donors (Lipinski definition) is 0. The largest absolute Gasteiger partial charge is 0.417 e. The Kier molecular flexibility index (Phi) is 1.77. The molecule has 0 unspecified atom stereocenters. The molecule has 0 aliphatic carbocycles. The molecule has 0 heterocycles. The van der Waals surface area contributed by atoms with Crippen LogP contribution in [0.3, 0.4) is 0 Å². The molecule has 0 aliphatic rings. The van der Waals surface area contributed by atoms with Gasteiger partial charge >= 0.3 is 6.18 Å². The van der Waals surface area contributed by atoms with Crippen molar-refractivity contribution in [1.29, 1.82) is 0 Å². The van der Waals surface area contributed by atoms with Gasteiger partial charge in [-0.05, 0) is 18.6 Å². The molecule has 0 aromatic heterocycles. The van der Waals surface area contributed by atoms with Crippen LogP contribution in [-0.2, 0) is 6.18 Å². The van der Waals surface area contributed by atoms with E-state index >= 15 is 0 Å². The zero-order chi connectivity index (χ0) is 8.48. The smallest absolute Gasteiger partial charge is 0.166 e. The summed E-state index contributed by atoms with van der Waals surface area (Å²) in [6.07, 6.45) is -4.27. The molecule has 0 amide bonds. The lowest BCUT2D eigenvalue weighted by atomic mass is 10.2. The summed E-state index contributed by atoms with van der Waals surface area (Å²) in [6.45, 7) is 1.55. The van der Waals surface area contributed by atoms with Crippen LogP contribution < -0.4 is 0 Å². The van der Waals surface area contributed by atoms with Crippen molar-refractivity contribution >= 4 is 0 Å². The van der Waals surface area contributed by atoms with Gasteiger partial charge in [0.1, 0.15) is 0 Å². The molecule has 0 nitrogen and oxygen atoms in total. The highest BCUT2D eigenvalue weighted by Crippen LogP contribution is 2.28. The molecular weight excluding hydrogens is 153 g/mol. The number of alkyl halides is 3. The van der Waals surface area contributed by atoms with Crippen molar-refractivity contribution in [3.8, 4) is 0 Å². The molecule has 0 fully saturated rings. The summed E-state index contributed by atoms with van der Waals surface area (Å²) in [6, 6.07) is 6.73. The summed E-state index contributed by atoms with van der Waals surface area (Å²) in [4.78, 5) is 0. The molecule has 1 aromatic carbocycles. The monoisotopic (exact) mass is 158 g/mol. The Morgan fingerprint density at radius 2 is 2.00 bits per heavy atom. The fourth-order valence-corrected chi connectivity index (χ4v) is 0.702. The van der Waals surface area contributed by atoms with Crippen molar-refractivity contribution in [3.63, 3.8) is 0 Å². The first kappa shape index (κ1) is 7.93. The first-order valence-corrected chi connectivity index (χ1v) is 2.97. The van der Waals surface area contributed by atoms with Gasteiger partial charge in [0, 0.05) is 6.07 Å². The van der Waals surface area contributed by atoms with E-state index in [1.165, 1.54) is 0 Å². The van der Waals surface area contributed by atoms with E-state index in [-0.39, 0.29) is 0 Å². The highest BCUT2D eigenvalue weighted by Gasteiger charge is 2.30. The molecule has 0 N–H and O–H groups in total. The minimum atomic E-state index is -4.27. The third-order valence-corrected chi connectivity index (χ3v) is 1.20. The molecule has 0 radical (unpaired) electrons. The van der Waals surface area contributed by atoms with Crippen molar-refractivity contribution in [2.75, 3.05) is 0 Å². The minimum absolute atomic E-state index is 0.444. The summed E-state index contributed by atoms with van der Waals surface area (Å²) in [5, 5.41) is 0. The van der Waals surface area contributed by atoms with Gasteiger partial charge in [-0.2, -0.15) is 13.2 Å². The van der Waals surface area contributed by atoms with Gasteiger partial charge in [0.05, 0.1) is 5.56 Å². The molecule has 1 aromatic rings. The van der Waals surface area contributed by atoms with Crippen LogP contribution in [0.2, 0.25) is 0 Å². The van der Waals surface area contributed by atoms with Crippen molar-refractivity contribution in [2.24, 2.45) is 0 Å². The molecule has 11 heavy (non-hydrogen) atoms. The maximum atomic E-state index is 11.9. The van der Waals surface area contributed by atoms with Crippen LogP contribution in [0.5, 0.6) is 0 Å². The quantitative estimate of drug-likeness (QED) is 0.544. The molecule has 0 atom stereocenters. The Morgan fingerprint density at radius 1 is 1.36 bits per heavy atom. The Morgan fingerprint density at radius 3 is 2.36 bits per heavy atom. The summed E-state index contributed by atoms with van der Waals surface area (Å²) >= 11 is 0. The second-order valence-electron chi connectivity index (χ2n) is 2.19.